The van der Waals surface area contributed by atoms with Crippen molar-refractivity contribution in [1.29, 1.82) is 0 Å². The van der Waals surface area contributed by atoms with Gasteiger partial charge in [-0.05, 0) is 43.1 Å². The monoisotopic (exact) mass is 242 g/mol. The van der Waals surface area contributed by atoms with Crippen LogP contribution in [-0.2, 0) is 0 Å². The third-order valence-corrected chi connectivity index (χ3v) is 3.09. The van der Waals surface area contributed by atoms with E-state index in [0.717, 1.165) is 12.6 Å². The van der Waals surface area contributed by atoms with Crippen LogP contribution in [0.3, 0.4) is 0 Å². The minimum Gasteiger partial charge on any atom is -0.324 e. The van der Waals surface area contributed by atoms with E-state index in [0.29, 0.717) is 11.5 Å². The number of nitrogens with one attached hydrogen (secondary N) is 1. The van der Waals surface area contributed by atoms with Gasteiger partial charge in [-0.1, -0.05) is 19.9 Å². The highest BCUT2D eigenvalue weighted by molar-refractivity contribution is 5.21. The van der Waals surface area contributed by atoms with Crippen LogP contribution in [-0.4, -0.2) is 13.6 Å². The van der Waals surface area contributed by atoms with Crippen molar-refractivity contribution in [3.05, 3.63) is 35.4 Å². The van der Waals surface area contributed by atoms with E-state index < -0.39 is 11.6 Å². The van der Waals surface area contributed by atoms with Crippen LogP contribution in [0.4, 0.5) is 8.78 Å². The van der Waals surface area contributed by atoms with Crippen LogP contribution in [0.25, 0.3) is 0 Å². The standard InChI is InChI=1S/C13H20F2N2/c1-8(2)10(7-17-3)13(16)9-4-5-11(14)12(15)6-9/h4-6,8,10,13,17H,7,16H2,1-3H3. The van der Waals surface area contributed by atoms with E-state index >= 15 is 0 Å². The second kappa shape index (κ2) is 6.07. The molecule has 2 atom stereocenters. The predicted octanol–water partition coefficient (Wildman–Crippen LogP) is 2.46. The average Bonchev–Trinajstić information content (AvgIpc) is 2.28. The third kappa shape index (κ3) is 3.48. The van der Waals surface area contributed by atoms with E-state index in [4.69, 9.17) is 5.73 Å². The first-order valence-corrected chi connectivity index (χ1v) is 5.82. The van der Waals surface area contributed by atoms with E-state index in [1.54, 1.807) is 6.07 Å². The second-order valence-corrected chi connectivity index (χ2v) is 4.66. The molecule has 0 fully saturated rings. The molecule has 0 amide bonds. The lowest BCUT2D eigenvalue weighted by atomic mass is 9.85. The highest BCUT2D eigenvalue weighted by Gasteiger charge is 2.22. The van der Waals surface area contributed by atoms with Crippen molar-refractivity contribution in [1.82, 2.24) is 5.32 Å². The van der Waals surface area contributed by atoms with Crippen LogP contribution in [0.5, 0.6) is 0 Å². The molecule has 1 aromatic carbocycles. The first-order chi connectivity index (χ1) is 7.97. The van der Waals surface area contributed by atoms with Gasteiger partial charge < -0.3 is 11.1 Å². The van der Waals surface area contributed by atoms with E-state index in [2.05, 4.69) is 19.2 Å². The third-order valence-electron chi connectivity index (χ3n) is 3.09. The fourth-order valence-electron chi connectivity index (χ4n) is 1.98. The van der Waals surface area contributed by atoms with Crippen molar-refractivity contribution < 1.29 is 8.78 Å². The normalized spacial score (nSPS) is 15.0. The maximum absolute atomic E-state index is 13.1. The van der Waals surface area contributed by atoms with Crippen molar-refractivity contribution in [2.24, 2.45) is 17.6 Å². The molecule has 2 nitrogen and oxygen atoms in total. The Hall–Kier alpha value is -1.00. The fourth-order valence-corrected chi connectivity index (χ4v) is 1.98. The van der Waals surface area contributed by atoms with Gasteiger partial charge in [-0.3, -0.25) is 0 Å². The van der Waals surface area contributed by atoms with E-state index in [1.165, 1.54) is 6.07 Å². The van der Waals surface area contributed by atoms with Gasteiger partial charge in [0.05, 0.1) is 0 Å². The summed E-state index contributed by atoms with van der Waals surface area (Å²) in [6.45, 7) is 4.89. The number of benzene rings is 1. The molecule has 96 valence electrons. The van der Waals surface area contributed by atoms with Crippen molar-refractivity contribution in [2.45, 2.75) is 19.9 Å². The molecule has 0 spiro atoms. The summed E-state index contributed by atoms with van der Waals surface area (Å²) < 4.78 is 26.0. The Labute approximate surface area is 101 Å². The topological polar surface area (TPSA) is 38.0 Å². The summed E-state index contributed by atoms with van der Waals surface area (Å²) >= 11 is 0. The molecule has 17 heavy (non-hydrogen) atoms. The number of rotatable bonds is 5. The molecule has 0 aliphatic carbocycles. The molecule has 0 aromatic heterocycles. The molecule has 0 saturated heterocycles. The molecule has 0 aliphatic rings. The molecule has 4 heteroatoms. The van der Waals surface area contributed by atoms with Crippen LogP contribution in [0, 0.1) is 23.5 Å². The minimum absolute atomic E-state index is 0.185. The zero-order chi connectivity index (χ0) is 13.0. The van der Waals surface area contributed by atoms with Crippen LogP contribution in [0.1, 0.15) is 25.5 Å². The van der Waals surface area contributed by atoms with Crippen LogP contribution >= 0.6 is 0 Å². The lowest BCUT2D eigenvalue weighted by molar-refractivity contribution is 0.313. The first kappa shape index (κ1) is 14.1. The molecule has 0 heterocycles. The van der Waals surface area contributed by atoms with Gasteiger partial charge in [0.25, 0.3) is 0 Å². The molecular weight excluding hydrogens is 222 g/mol. The summed E-state index contributed by atoms with van der Waals surface area (Å²) in [6.07, 6.45) is 0. The van der Waals surface area contributed by atoms with Crippen molar-refractivity contribution in [3.63, 3.8) is 0 Å². The Kier molecular flexibility index (Phi) is 5.02. The van der Waals surface area contributed by atoms with Gasteiger partial charge in [-0.2, -0.15) is 0 Å². The fraction of sp³-hybridized carbons (Fsp3) is 0.538. The second-order valence-electron chi connectivity index (χ2n) is 4.66. The molecule has 2 unspecified atom stereocenters. The number of hydrogen-bond donors (Lipinski definition) is 2. The number of halogens is 2. The number of nitrogens with two attached hydrogens (primary N) is 1. The molecule has 0 bridgehead atoms. The van der Waals surface area contributed by atoms with Gasteiger partial charge in [-0.25, -0.2) is 8.78 Å². The SMILES string of the molecule is CNCC(C(C)C)C(N)c1ccc(F)c(F)c1. The van der Waals surface area contributed by atoms with Gasteiger partial charge in [0.15, 0.2) is 11.6 Å². The van der Waals surface area contributed by atoms with Crippen molar-refractivity contribution in [3.8, 4) is 0 Å². The van der Waals surface area contributed by atoms with E-state index in [9.17, 15) is 8.78 Å². The Balaban J connectivity index is 2.92. The van der Waals surface area contributed by atoms with Gasteiger partial charge in [0, 0.05) is 6.04 Å². The first-order valence-electron chi connectivity index (χ1n) is 5.82. The van der Waals surface area contributed by atoms with Crippen molar-refractivity contribution in [2.75, 3.05) is 13.6 Å². The summed E-state index contributed by atoms with van der Waals surface area (Å²) in [6, 6.07) is 3.57. The van der Waals surface area contributed by atoms with Gasteiger partial charge >= 0.3 is 0 Å². The molecule has 1 rings (SSSR count). The van der Waals surface area contributed by atoms with Crippen LogP contribution in [0.15, 0.2) is 18.2 Å². The largest absolute Gasteiger partial charge is 0.324 e. The maximum atomic E-state index is 13.1. The van der Waals surface area contributed by atoms with Crippen molar-refractivity contribution >= 4 is 0 Å². The lowest BCUT2D eigenvalue weighted by Crippen LogP contribution is -2.33. The minimum atomic E-state index is -0.843. The predicted molar refractivity (Wildman–Crippen MR) is 65.5 cm³/mol. The Morgan fingerprint density at radius 1 is 1.24 bits per heavy atom. The summed E-state index contributed by atoms with van der Waals surface area (Å²) in [5, 5.41) is 3.08. The van der Waals surface area contributed by atoms with Gasteiger partial charge in [0.1, 0.15) is 0 Å². The van der Waals surface area contributed by atoms with Gasteiger partial charge in [0.2, 0.25) is 0 Å². The van der Waals surface area contributed by atoms with E-state index in [-0.39, 0.29) is 12.0 Å². The smallest absolute Gasteiger partial charge is 0.159 e. The Morgan fingerprint density at radius 3 is 2.35 bits per heavy atom. The zero-order valence-electron chi connectivity index (χ0n) is 10.5. The van der Waals surface area contributed by atoms with E-state index in [1.807, 2.05) is 7.05 Å². The molecule has 3 N–H and O–H groups in total. The highest BCUT2D eigenvalue weighted by atomic mass is 19.2. The maximum Gasteiger partial charge on any atom is 0.159 e. The Morgan fingerprint density at radius 2 is 1.88 bits per heavy atom. The molecule has 0 aliphatic heterocycles. The Bertz CT molecular complexity index is 366. The molecule has 0 saturated carbocycles. The summed E-state index contributed by atoms with van der Waals surface area (Å²) in [7, 11) is 1.85. The molecule has 0 radical (unpaired) electrons. The zero-order valence-corrected chi connectivity index (χ0v) is 10.5. The van der Waals surface area contributed by atoms with Crippen LogP contribution in [0.2, 0.25) is 0 Å². The molecular formula is C13H20F2N2. The highest BCUT2D eigenvalue weighted by Crippen LogP contribution is 2.26. The number of hydrogen-bond acceptors (Lipinski definition) is 2. The summed E-state index contributed by atoms with van der Waals surface area (Å²) in [5.41, 5.74) is 6.75. The summed E-state index contributed by atoms with van der Waals surface area (Å²) in [5.74, 6) is -1.13. The molecule has 1 aromatic rings. The lowest BCUT2D eigenvalue weighted by Gasteiger charge is -2.27. The summed E-state index contributed by atoms with van der Waals surface area (Å²) in [4.78, 5) is 0. The van der Waals surface area contributed by atoms with Crippen LogP contribution < -0.4 is 11.1 Å². The average molecular weight is 242 g/mol. The van der Waals surface area contributed by atoms with Gasteiger partial charge in [-0.15, -0.1) is 0 Å². The quantitative estimate of drug-likeness (QED) is 0.832.